The first-order valence-corrected chi connectivity index (χ1v) is 18.3. The quantitative estimate of drug-likeness (QED) is 0.159. The molecular formula is C52H36N2. The SMILES string of the molecule is c1ccc(-c2cccc(-c3cc(-c4cccc(-c5ccc(-c6ccccc6)cc5-c5ccccc5)c4)nc(-c4cccc(-c5ccccc5)c4)n3)c2)cc1. The van der Waals surface area contributed by atoms with Crippen LogP contribution in [0.3, 0.4) is 0 Å². The number of aromatic nitrogens is 2. The molecule has 1 heterocycles. The Morgan fingerprint density at radius 1 is 0.204 bits per heavy atom. The monoisotopic (exact) mass is 688 g/mol. The third-order valence-corrected chi connectivity index (χ3v) is 9.90. The lowest BCUT2D eigenvalue weighted by molar-refractivity contribution is 1.18. The summed E-state index contributed by atoms with van der Waals surface area (Å²) < 4.78 is 0. The second kappa shape index (κ2) is 14.8. The molecule has 0 unspecified atom stereocenters. The van der Waals surface area contributed by atoms with Gasteiger partial charge in [0.05, 0.1) is 11.4 Å². The Hall–Kier alpha value is -7.16. The second-order valence-corrected chi connectivity index (χ2v) is 13.4. The van der Waals surface area contributed by atoms with E-state index in [1.54, 1.807) is 0 Å². The van der Waals surface area contributed by atoms with Gasteiger partial charge >= 0.3 is 0 Å². The van der Waals surface area contributed by atoms with Gasteiger partial charge in [-0.05, 0) is 86.0 Å². The minimum atomic E-state index is 0.688. The minimum Gasteiger partial charge on any atom is -0.228 e. The average molecular weight is 689 g/mol. The Morgan fingerprint density at radius 3 is 1.09 bits per heavy atom. The van der Waals surface area contributed by atoms with Crippen molar-refractivity contribution < 1.29 is 0 Å². The Morgan fingerprint density at radius 2 is 0.574 bits per heavy atom. The maximum Gasteiger partial charge on any atom is 0.160 e. The van der Waals surface area contributed by atoms with Crippen LogP contribution in [0.5, 0.6) is 0 Å². The van der Waals surface area contributed by atoms with Crippen LogP contribution in [0.1, 0.15) is 0 Å². The normalized spacial score (nSPS) is 11.0. The molecule has 0 aliphatic rings. The van der Waals surface area contributed by atoms with Gasteiger partial charge in [-0.2, -0.15) is 0 Å². The third-order valence-electron chi connectivity index (χ3n) is 9.90. The molecule has 0 saturated carbocycles. The molecule has 2 heteroatoms. The fraction of sp³-hybridized carbons (Fsp3) is 0. The molecular weight excluding hydrogens is 653 g/mol. The van der Waals surface area contributed by atoms with Crippen LogP contribution >= 0.6 is 0 Å². The summed E-state index contributed by atoms with van der Waals surface area (Å²) in [5.74, 6) is 0.688. The van der Waals surface area contributed by atoms with Crippen LogP contribution in [0.25, 0.3) is 89.5 Å². The van der Waals surface area contributed by atoms with Gasteiger partial charge in [-0.1, -0.05) is 188 Å². The molecule has 0 bridgehead atoms. The molecule has 0 aliphatic heterocycles. The Kier molecular flexibility index (Phi) is 8.99. The highest BCUT2D eigenvalue weighted by molar-refractivity contribution is 5.89. The van der Waals surface area contributed by atoms with E-state index in [2.05, 4.69) is 212 Å². The second-order valence-electron chi connectivity index (χ2n) is 13.4. The van der Waals surface area contributed by atoms with E-state index in [9.17, 15) is 0 Å². The van der Waals surface area contributed by atoms with Crippen LogP contribution in [-0.2, 0) is 0 Å². The van der Waals surface area contributed by atoms with Gasteiger partial charge in [-0.15, -0.1) is 0 Å². The number of benzene rings is 8. The maximum absolute atomic E-state index is 5.27. The average Bonchev–Trinajstić information content (AvgIpc) is 3.27. The predicted molar refractivity (Wildman–Crippen MR) is 226 cm³/mol. The molecule has 0 spiro atoms. The van der Waals surface area contributed by atoms with Crippen molar-refractivity contribution in [2.24, 2.45) is 0 Å². The molecule has 9 rings (SSSR count). The molecule has 9 aromatic rings. The van der Waals surface area contributed by atoms with Crippen molar-refractivity contribution in [1.82, 2.24) is 9.97 Å². The fourth-order valence-corrected chi connectivity index (χ4v) is 7.14. The zero-order valence-corrected chi connectivity index (χ0v) is 29.7. The molecule has 0 saturated heterocycles. The first kappa shape index (κ1) is 32.7. The molecule has 1 aromatic heterocycles. The lowest BCUT2D eigenvalue weighted by Crippen LogP contribution is -1.97. The number of hydrogen-bond acceptors (Lipinski definition) is 2. The van der Waals surface area contributed by atoms with E-state index in [0.717, 1.165) is 50.3 Å². The van der Waals surface area contributed by atoms with Crippen molar-refractivity contribution in [2.45, 2.75) is 0 Å². The summed E-state index contributed by atoms with van der Waals surface area (Å²) in [5.41, 5.74) is 16.4. The van der Waals surface area contributed by atoms with Crippen molar-refractivity contribution in [1.29, 1.82) is 0 Å². The van der Waals surface area contributed by atoms with Crippen LogP contribution in [0.4, 0.5) is 0 Å². The molecule has 2 nitrogen and oxygen atoms in total. The summed E-state index contributed by atoms with van der Waals surface area (Å²) in [7, 11) is 0. The van der Waals surface area contributed by atoms with Crippen LogP contribution in [-0.4, -0.2) is 9.97 Å². The van der Waals surface area contributed by atoms with E-state index in [4.69, 9.17) is 9.97 Å². The van der Waals surface area contributed by atoms with Crippen LogP contribution < -0.4 is 0 Å². The fourth-order valence-electron chi connectivity index (χ4n) is 7.14. The van der Waals surface area contributed by atoms with Gasteiger partial charge in [0.2, 0.25) is 0 Å². The van der Waals surface area contributed by atoms with E-state index < -0.39 is 0 Å². The van der Waals surface area contributed by atoms with Crippen molar-refractivity contribution in [2.75, 3.05) is 0 Å². The zero-order chi connectivity index (χ0) is 36.1. The van der Waals surface area contributed by atoms with Gasteiger partial charge in [-0.25, -0.2) is 9.97 Å². The Labute approximate surface area is 316 Å². The summed E-state index contributed by atoms with van der Waals surface area (Å²) >= 11 is 0. The topological polar surface area (TPSA) is 25.8 Å². The minimum absolute atomic E-state index is 0.688. The molecule has 8 aromatic carbocycles. The molecule has 0 fully saturated rings. The van der Waals surface area contributed by atoms with E-state index in [-0.39, 0.29) is 0 Å². The highest BCUT2D eigenvalue weighted by atomic mass is 14.9. The molecule has 0 N–H and O–H groups in total. The largest absolute Gasteiger partial charge is 0.228 e. The lowest BCUT2D eigenvalue weighted by atomic mass is 9.90. The van der Waals surface area contributed by atoms with Crippen LogP contribution in [0.15, 0.2) is 218 Å². The molecule has 0 aliphatic carbocycles. The highest BCUT2D eigenvalue weighted by Gasteiger charge is 2.15. The van der Waals surface area contributed by atoms with Crippen LogP contribution in [0.2, 0.25) is 0 Å². The van der Waals surface area contributed by atoms with E-state index in [1.807, 2.05) is 6.07 Å². The smallest absolute Gasteiger partial charge is 0.160 e. The lowest BCUT2D eigenvalue weighted by Gasteiger charge is -2.15. The summed E-state index contributed by atoms with van der Waals surface area (Å²) in [4.78, 5) is 10.5. The van der Waals surface area contributed by atoms with Crippen LogP contribution in [0, 0.1) is 0 Å². The van der Waals surface area contributed by atoms with Crippen molar-refractivity contribution >= 4 is 0 Å². The molecule has 0 amide bonds. The van der Waals surface area contributed by atoms with Gasteiger partial charge in [0.1, 0.15) is 0 Å². The molecule has 0 radical (unpaired) electrons. The van der Waals surface area contributed by atoms with Crippen molar-refractivity contribution in [3.05, 3.63) is 218 Å². The maximum atomic E-state index is 5.27. The summed E-state index contributed by atoms with van der Waals surface area (Å²) in [5, 5.41) is 0. The highest BCUT2D eigenvalue weighted by Crippen LogP contribution is 2.38. The third kappa shape index (κ3) is 6.89. The number of nitrogens with zero attached hydrogens (tertiary/aromatic N) is 2. The zero-order valence-electron chi connectivity index (χ0n) is 29.7. The summed E-state index contributed by atoms with van der Waals surface area (Å²) in [6, 6.07) is 77.0. The van der Waals surface area contributed by atoms with Gasteiger partial charge < -0.3 is 0 Å². The standard InChI is InChI=1S/C52H36N2/c1-5-16-37(17-6-1)41-24-13-27-45(32-41)50-36-51(54-52(53-50)47-29-14-25-42(33-47)38-18-7-2-8-19-38)46-28-15-26-44(34-46)48-31-30-43(39-20-9-3-10-21-39)35-49(48)40-22-11-4-12-23-40/h1-36H. The summed E-state index contributed by atoms with van der Waals surface area (Å²) in [6.45, 7) is 0. The first-order chi connectivity index (χ1) is 26.7. The van der Waals surface area contributed by atoms with Gasteiger partial charge in [-0.3, -0.25) is 0 Å². The number of hydrogen-bond donors (Lipinski definition) is 0. The van der Waals surface area contributed by atoms with E-state index >= 15 is 0 Å². The van der Waals surface area contributed by atoms with E-state index in [1.165, 1.54) is 33.4 Å². The van der Waals surface area contributed by atoms with Gasteiger partial charge in [0, 0.05) is 16.7 Å². The summed E-state index contributed by atoms with van der Waals surface area (Å²) in [6.07, 6.45) is 0. The Balaban J connectivity index is 1.19. The first-order valence-electron chi connectivity index (χ1n) is 18.3. The van der Waals surface area contributed by atoms with Crippen molar-refractivity contribution in [3.63, 3.8) is 0 Å². The van der Waals surface area contributed by atoms with Crippen molar-refractivity contribution in [3.8, 4) is 89.5 Å². The molecule has 0 atom stereocenters. The molecule has 54 heavy (non-hydrogen) atoms. The van der Waals surface area contributed by atoms with Gasteiger partial charge in [0.15, 0.2) is 5.82 Å². The predicted octanol–water partition coefficient (Wildman–Crippen LogP) is 13.8. The molecule has 254 valence electrons. The van der Waals surface area contributed by atoms with E-state index in [0.29, 0.717) is 5.82 Å². The Bertz CT molecular complexity index is 2580. The number of rotatable bonds is 8. The van der Waals surface area contributed by atoms with Gasteiger partial charge in [0.25, 0.3) is 0 Å².